The summed E-state index contributed by atoms with van der Waals surface area (Å²) in [6, 6.07) is 9.81. The first-order valence-electron chi connectivity index (χ1n) is 10.8. The van der Waals surface area contributed by atoms with Crippen molar-refractivity contribution < 1.29 is 9.59 Å². The summed E-state index contributed by atoms with van der Waals surface area (Å²) >= 11 is 0. The SMILES string of the molecule is CC(C)(C)CC(=O)N1CCC(NC(=O)c2n[nH]c3ccc(-c4cccnc4)cc23)CC1. The van der Waals surface area contributed by atoms with Gasteiger partial charge < -0.3 is 10.2 Å². The topological polar surface area (TPSA) is 91.0 Å². The molecule has 1 saturated heterocycles. The van der Waals surface area contributed by atoms with E-state index in [9.17, 15) is 9.59 Å². The Morgan fingerprint density at radius 2 is 1.94 bits per heavy atom. The molecular formula is C24H29N5O2. The molecule has 3 aromatic rings. The van der Waals surface area contributed by atoms with Crippen molar-refractivity contribution in [2.24, 2.45) is 5.41 Å². The number of amides is 2. The lowest BCUT2D eigenvalue weighted by atomic mass is 9.91. The number of aromatic nitrogens is 3. The smallest absolute Gasteiger partial charge is 0.272 e. The Labute approximate surface area is 182 Å². The van der Waals surface area contributed by atoms with Crippen LogP contribution in [0, 0.1) is 5.41 Å². The first-order chi connectivity index (χ1) is 14.8. The van der Waals surface area contributed by atoms with Crippen molar-refractivity contribution in [2.75, 3.05) is 13.1 Å². The van der Waals surface area contributed by atoms with Gasteiger partial charge in [0.15, 0.2) is 5.69 Å². The molecule has 7 heteroatoms. The van der Waals surface area contributed by atoms with Gasteiger partial charge in [0.05, 0.1) is 5.52 Å². The number of hydrogen-bond acceptors (Lipinski definition) is 4. The van der Waals surface area contributed by atoms with E-state index >= 15 is 0 Å². The highest BCUT2D eigenvalue weighted by Gasteiger charge is 2.27. The second-order valence-electron chi connectivity index (χ2n) is 9.44. The number of rotatable bonds is 4. The minimum atomic E-state index is -0.186. The number of nitrogens with one attached hydrogen (secondary N) is 2. The summed E-state index contributed by atoms with van der Waals surface area (Å²) in [4.78, 5) is 31.5. The van der Waals surface area contributed by atoms with Crippen LogP contribution in [0.5, 0.6) is 0 Å². The van der Waals surface area contributed by atoms with E-state index in [2.05, 4.69) is 41.3 Å². The number of hydrogen-bond donors (Lipinski definition) is 2. The van der Waals surface area contributed by atoms with Gasteiger partial charge in [0, 0.05) is 48.9 Å². The van der Waals surface area contributed by atoms with Crippen LogP contribution in [0.2, 0.25) is 0 Å². The number of H-pyrrole nitrogens is 1. The lowest BCUT2D eigenvalue weighted by Crippen LogP contribution is -2.47. The van der Waals surface area contributed by atoms with Crippen LogP contribution in [-0.2, 0) is 4.79 Å². The lowest BCUT2D eigenvalue weighted by Gasteiger charge is -2.33. The van der Waals surface area contributed by atoms with Crippen LogP contribution in [0.3, 0.4) is 0 Å². The Morgan fingerprint density at radius 3 is 2.61 bits per heavy atom. The van der Waals surface area contributed by atoms with Crippen molar-refractivity contribution in [1.82, 2.24) is 25.4 Å². The van der Waals surface area contributed by atoms with E-state index in [-0.39, 0.29) is 23.3 Å². The molecule has 1 fully saturated rings. The van der Waals surface area contributed by atoms with Crippen LogP contribution in [0.1, 0.15) is 50.5 Å². The second-order valence-corrected chi connectivity index (χ2v) is 9.44. The van der Waals surface area contributed by atoms with E-state index in [1.807, 2.05) is 35.2 Å². The highest BCUT2D eigenvalue weighted by Crippen LogP contribution is 2.25. The van der Waals surface area contributed by atoms with E-state index in [1.165, 1.54) is 0 Å². The first-order valence-corrected chi connectivity index (χ1v) is 10.8. The number of benzene rings is 1. The average Bonchev–Trinajstić information content (AvgIpc) is 3.17. The molecule has 7 nitrogen and oxygen atoms in total. The van der Waals surface area contributed by atoms with Gasteiger partial charge in [-0.3, -0.25) is 19.7 Å². The van der Waals surface area contributed by atoms with E-state index in [0.29, 0.717) is 25.2 Å². The standard InChI is InChI=1S/C24H29N5O2/c1-24(2,3)14-21(30)29-11-8-18(9-12-29)26-23(31)22-19-13-16(6-7-20(19)27-28-22)17-5-4-10-25-15-17/h4-7,10,13,15,18H,8-9,11-12,14H2,1-3H3,(H,26,31)(H,27,28). The predicted molar refractivity (Wildman–Crippen MR) is 120 cm³/mol. The van der Waals surface area contributed by atoms with Crippen molar-refractivity contribution in [3.05, 3.63) is 48.4 Å². The molecule has 1 aliphatic heterocycles. The number of fused-ring (bicyclic) bond motifs is 1. The molecule has 4 rings (SSSR count). The monoisotopic (exact) mass is 419 g/mol. The number of likely N-dealkylation sites (tertiary alicyclic amines) is 1. The average molecular weight is 420 g/mol. The van der Waals surface area contributed by atoms with E-state index < -0.39 is 0 Å². The Balaban J connectivity index is 1.42. The molecule has 0 aliphatic carbocycles. The molecular weight excluding hydrogens is 390 g/mol. The molecule has 0 radical (unpaired) electrons. The summed E-state index contributed by atoms with van der Waals surface area (Å²) in [5, 5.41) is 11.1. The molecule has 0 unspecified atom stereocenters. The fraction of sp³-hybridized carbons (Fsp3) is 0.417. The zero-order valence-electron chi connectivity index (χ0n) is 18.3. The number of carbonyl (C=O) groups is 2. The van der Waals surface area contributed by atoms with Crippen molar-refractivity contribution >= 4 is 22.7 Å². The maximum Gasteiger partial charge on any atom is 0.272 e. The highest BCUT2D eigenvalue weighted by atomic mass is 16.2. The van der Waals surface area contributed by atoms with Crippen molar-refractivity contribution in [3.63, 3.8) is 0 Å². The summed E-state index contributed by atoms with van der Waals surface area (Å²) in [5.41, 5.74) is 3.18. The Hall–Kier alpha value is -3.22. The van der Waals surface area contributed by atoms with Crippen molar-refractivity contribution in [1.29, 1.82) is 0 Å². The van der Waals surface area contributed by atoms with Crippen LogP contribution < -0.4 is 5.32 Å². The molecule has 2 amide bonds. The molecule has 31 heavy (non-hydrogen) atoms. The van der Waals surface area contributed by atoms with E-state index in [0.717, 1.165) is 34.9 Å². The fourth-order valence-electron chi connectivity index (χ4n) is 3.99. The molecule has 162 valence electrons. The molecule has 1 aliphatic rings. The highest BCUT2D eigenvalue weighted by molar-refractivity contribution is 6.05. The van der Waals surface area contributed by atoms with Gasteiger partial charge in [0.1, 0.15) is 0 Å². The van der Waals surface area contributed by atoms with Gasteiger partial charge in [0.2, 0.25) is 5.91 Å². The number of pyridine rings is 1. The van der Waals surface area contributed by atoms with Crippen LogP contribution in [0.25, 0.3) is 22.0 Å². The normalized spacial score (nSPS) is 15.3. The van der Waals surface area contributed by atoms with Gasteiger partial charge in [0.25, 0.3) is 5.91 Å². The molecule has 0 atom stereocenters. The summed E-state index contributed by atoms with van der Waals surface area (Å²) in [6.45, 7) is 7.57. The van der Waals surface area contributed by atoms with Crippen LogP contribution in [-0.4, -0.2) is 51.0 Å². The molecule has 3 heterocycles. The zero-order valence-corrected chi connectivity index (χ0v) is 18.3. The molecule has 2 aromatic heterocycles. The minimum Gasteiger partial charge on any atom is -0.348 e. The molecule has 0 spiro atoms. The van der Waals surface area contributed by atoms with Crippen LogP contribution >= 0.6 is 0 Å². The maximum atomic E-state index is 13.0. The van der Waals surface area contributed by atoms with Gasteiger partial charge in [-0.1, -0.05) is 32.9 Å². The van der Waals surface area contributed by atoms with Gasteiger partial charge in [-0.15, -0.1) is 0 Å². The third kappa shape index (κ3) is 4.93. The maximum absolute atomic E-state index is 13.0. The fourth-order valence-corrected chi connectivity index (χ4v) is 3.99. The summed E-state index contributed by atoms with van der Waals surface area (Å²) < 4.78 is 0. The van der Waals surface area contributed by atoms with E-state index in [4.69, 9.17) is 0 Å². The number of nitrogens with zero attached hydrogens (tertiary/aromatic N) is 3. The van der Waals surface area contributed by atoms with Gasteiger partial charge >= 0.3 is 0 Å². The Morgan fingerprint density at radius 1 is 1.16 bits per heavy atom. The number of piperidine rings is 1. The molecule has 0 bridgehead atoms. The Bertz CT molecular complexity index is 1080. The number of carbonyl (C=O) groups excluding carboxylic acids is 2. The summed E-state index contributed by atoms with van der Waals surface area (Å²) in [5.74, 6) is 0.00700. The predicted octanol–water partition coefficient (Wildman–Crippen LogP) is 3.78. The largest absolute Gasteiger partial charge is 0.348 e. The van der Waals surface area contributed by atoms with Crippen molar-refractivity contribution in [2.45, 2.75) is 46.1 Å². The third-order valence-electron chi connectivity index (χ3n) is 5.64. The van der Waals surface area contributed by atoms with Crippen LogP contribution in [0.4, 0.5) is 0 Å². The summed E-state index contributed by atoms with van der Waals surface area (Å²) in [7, 11) is 0. The Kier molecular flexibility index (Phi) is 5.76. The number of aromatic amines is 1. The third-order valence-corrected chi connectivity index (χ3v) is 5.64. The molecule has 2 N–H and O–H groups in total. The minimum absolute atomic E-state index is 0.0160. The second kappa shape index (κ2) is 8.49. The molecule has 1 aromatic carbocycles. The van der Waals surface area contributed by atoms with Gasteiger partial charge in [-0.05, 0) is 42.0 Å². The van der Waals surface area contributed by atoms with Crippen LogP contribution in [0.15, 0.2) is 42.7 Å². The van der Waals surface area contributed by atoms with E-state index in [1.54, 1.807) is 12.4 Å². The zero-order chi connectivity index (χ0) is 22.0. The first kappa shape index (κ1) is 21.0. The lowest BCUT2D eigenvalue weighted by molar-refractivity contribution is -0.134. The van der Waals surface area contributed by atoms with Gasteiger partial charge in [-0.25, -0.2) is 0 Å². The summed E-state index contributed by atoms with van der Waals surface area (Å²) in [6.07, 6.45) is 5.59. The van der Waals surface area contributed by atoms with Gasteiger partial charge in [-0.2, -0.15) is 5.10 Å². The van der Waals surface area contributed by atoms with Crippen molar-refractivity contribution in [3.8, 4) is 11.1 Å². The quantitative estimate of drug-likeness (QED) is 0.673. The molecule has 0 saturated carbocycles.